The lowest BCUT2D eigenvalue weighted by molar-refractivity contribution is -0.144. The molecule has 0 spiro atoms. The van der Waals surface area contributed by atoms with Gasteiger partial charge in [0.05, 0.1) is 6.10 Å². The van der Waals surface area contributed by atoms with E-state index in [1.54, 1.807) is 13.2 Å². The molecule has 0 radical (unpaired) electrons. The maximum absolute atomic E-state index is 12.7. The molecule has 1 aliphatic carbocycles. The Balaban J connectivity index is 1.63. The van der Waals surface area contributed by atoms with Crippen molar-refractivity contribution in [3.63, 3.8) is 0 Å². The van der Waals surface area contributed by atoms with E-state index in [4.69, 9.17) is 4.74 Å². The highest BCUT2D eigenvalue weighted by Gasteiger charge is 2.36. The normalized spacial score (nSPS) is 26.7. The third-order valence-electron chi connectivity index (χ3n) is 4.72. The molecule has 2 atom stereocenters. The van der Waals surface area contributed by atoms with Crippen LogP contribution in [-0.2, 0) is 10.9 Å². The predicted molar refractivity (Wildman–Crippen MR) is 79.3 cm³/mol. The molecule has 1 aromatic rings. The van der Waals surface area contributed by atoms with Gasteiger partial charge in [0.25, 0.3) is 0 Å². The summed E-state index contributed by atoms with van der Waals surface area (Å²) in [5, 5.41) is 0. The fourth-order valence-electron chi connectivity index (χ4n) is 3.54. The molecule has 128 valence electrons. The van der Waals surface area contributed by atoms with Crippen molar-refractivity contribution in [2.75, 3.05) is 38.2 Å². The highest BCUT2D eigenvalue weighted by molar-refractivity contribution is 5.38. The van der Waals surface area contributed by atoms with E-state index in [1.807, 2.05) is 4.90 Å². The van der Waals surface area contributed by atoms with Crippen LogP contribution in [0.25, 0.3) is 0 Å². The second kappa shape index (κ2) is 6.60. The molecule has 1 aromatic heterocycles. The van der Waals surface area contributed by atoms with Gasteiger partial charge in [-0.3, -0.25) is 4.90 Å². The minimum absolute atomic E-state index is 0.275. The Labute approximate surface area is 133 Å². The molecule has 2 aliphatic rings. The summed E-state index contributed by atoms with van der Waals surface area (Å²) in [5.41, 5.74) is 0. The molecule has 0 aromatic carbocycles. The highest BCUT2D eigenvalue weighted by atomic mass is 19.4. The van der Waals surface area contributed by atoms with Crippen LogP contribution in [0.5, 0.6) is 0 Å². The van der Waals surface area contributed by atoms with Crippen molar-refractivity contribution in [3.8, 4) is 0 Å². The third-order valence-corrected chi connectivity index (χ3v) is 4.72. The van der Waals surface area contributed by atoms with Gasteiger partial charge in [-0.05, 0) is 25.3 Å². The summed E-state index contributed by atoms with van der Waals surface area (Å²) in [5.74, 6) is -0.727. The molecule has 5 nitrogen and oxygen atoms in total. The van der Waals surface area contributed by atoms with Gasteiger partial charge in [0, 0.05) is 45.5 Å². The number of methoxy groups -OCH3 is 1. The summed E-state index contributed by atoms with van der Waals surface area (Å²) in [6.07, 6.45) is 0.330. The van der Waals surface area contributed by atoms with E-state index >= 15 is 0 Å². The van der Waals surface area contributed by atoms with Crippen LogP contribution in [0.3, 0.4) is 0 Å². The van der Waals surface area contributed by atoms with Gasteiger partial charge in [-0.2, -0.15) is 13.2 Å². The first kappa shape index (κ1) is 16.4. The number of hydrogen-bond donors (Lipinski definition) is 0. The van der Waals surface area contributed by atoms with Crippen LogP contribution in [0.4, 0.5) is 19.0 Å². The molecule has 0 N–H and O–H groups in total. The van der Waals surface area contributed by atoms with Gasteiger partial charge in [0.2, 0.25) is 5.82 Å². The Morgan fingerprint density at radius 3 is 2.57 bits per heavy atom. The van der Waals surface area contributed by atoms with E-state index in [-0.39, 0.29) is 6.10 Å². The minimum atomic E-state index is -4.51. The zero-order chi connectivity index (χ0) is 16.4. The summed E-state index contributed by atoms with van der Waals surface area (Å²) in [4.78, 5) is 11.3. The van der Waals surface area contributed by atoms with Crippen molar-refractivity contribution in [1.82, 2.24) is 14.9 Å². The molecular formula is C15H21F3N4O. The first-order valence-corrected chi connectivity index (χ1v) is 7.91. The summed E-state index contributed by atoms with van der Waals surface area (Å²) in [6.45, 7) is 2.97. The van der Waals surface area contributed by atoms with Crippen LogP contribution >= 0.6 is 0 Å². The van der Waals surface area contributed by atoms with Crippen molar-refractivity contribution in [2.24, 2.45) is 0 Å². The van der Waals surface area contributed by atoms with Crippen molar-refractivity contribution in [3.05, 3.63) is 18.1 Å². The predicted octanol–water partition coefficient (Wildman–Crippen LogP) is 2.18. The van der Waals surface area contributed by atoms with Crippen molar-refractivity contribution in [2.45, 2.75) is 37.6 Å². The fraction of sp³-hybridized carbons (Fsp3) is 0.733. The van der Waals surface area contributed by atoms with E-state index < -0.39 is 12.0 Å². The summed E-state index contributed by atoms with van der Waals surface area (Å²) in [6, 6.07) is 1.97. The van der Waals surface area contributed by atoms with Crippen LogP contribution in [0.1, 0.15) is 25.1 Å². The van der Waals surface area contributed by atoms with Crippen LogP contribution in [-0.4, -0.2) is 60.3 Å². The zero-order valence-corrected chi connectivity index (χ0v) is 13.1. The van der Waals surface area contributed by atoms with Crippen molar-refractivity contribution < 1.29 is 17.9 Å². The Morgan fingerprint density at radius 1 is 1.17 bits per heavy atom. The molecule has 0 amide bonds. The Bertz CT molecular complexity index is 532. The lowest BCUT2D eigenvalue weighted by Gasteiger charge is -2.40. The van der Waals surface area contributed by atoms with Crippen LogP contribution in [0.15, 0.2) is 12.3 Å². The number of nitrogens with zero attached hydrogens (tertiary/aromatic N) is 4. The third kappa shape index (κ3) is 3.58. The van der Waals surface area contributed by atoms with Gasteiger partial charge in [0.15, 0.2) is 0 Å². The van der Waals surface area contributed by atoms with Crippen molar-refractivity contribution in [1.29, 1.82) is 0 Å². The zero-order valence-electron chi connectivity index (χ0n) is 13.1. The highest BCUT2D eigenvalue weighted by Crippen LogP contribution is 2.29. The molecule has 1 saturated heterocycles. The number of halogens is 3. The molecule has 23 heavy (non-hydrogen) atoms. The van der Waals surface area contributed by atoms with Gasteiger partial charge in [-0.15, -0.1) is 0 Å². The largest absolute Gasteiger partial charge is 0.451 e. The molecule has 0 unspecified atom stereocenters. The smallest absolute Gasteiger partial charge is 0.380 e. The SMILES string of the molecule is CO[C@@H]1CCC[C@H]1N1CCN(c2ccnc(C(F)(F)F)n2)CC1. The molecule has 1 aliphatic heterocycles. The maximum Gasteiger partial charge on any atom is 0.451 e. The molecule has 2 fully saturated rings. The molecule has 2 heterocycles. The fourth-order valence-corrected chi connectivity index (χ4v) is 3.54. The Kier molecular flexibility index (Phi) is 4.72. The average molecular weight is 330 g/mol. The lowest BCUT2D eigenvalue weighted by Crippen LogP contribution is -2.52. The summed E-state index contributed by atoms with van der Waals surface area (Å²) < 4.78 is 43.7. The molecular weight excluding hydrogens is 309 g/mol. The van der Waals surface area contributed by atoms with E-state index in [9.17, 15) is 13.2 Å². The van der Waals surface area contributed by atoms with Crippen LogP contribution in [0, 0.1) is 0 Å². The monoisotopic (exact) mass is 330 g/mol. The Morgan fingerprint density at radius 2 is 1.91 bits per heavy atom. The van der Waals surface area contributed by atoms with E-state index in [0.29, 0.717) is 24.9 Å². The van der Waals surface area contributed by atoms with E-state index in [2.05, 4.69) is 14.9 Å². The number of hydrogen-bond acceptors (Lipinski definition) is 5. The lowest BCUT2D eigenvalue weighted by atomic mass is 10.1. The molecule has 0 bridgehead atoms. The quantitative estimate of drug-likeness (QED) is 0.850. The molecule has 3 rings (SSSR count). The van der Waals surface area contributed by atoms with E-state index in [0.717, 1.165) is 25.9 Å². The first-order chi connectivity index (χ1) is 11.0. The molecule has 8 heteroatoms. The summed E-state index contributed by atoms with van der Waals surface area (Å²) in [7, 11) is 1.75. The van der Waals surface area contributed by atoms with Crippen molar-refractivity contribution >= 4 is 5.82 Å². The summed E-state index contributed by atoms with van der Waals surface area (Å²) >= 11 is 0. The second-order valence-electron chi connectivity index (χ2n) is 6.03. The molecule has 1 saturated carbocycles. The van der Waals surface area contributed by atoms with Gasteiger partial charge in [0.1, 0.15) is 5.82 Å². The van der Waals surface area contributed by atoms with Gasteiger partial charge >= 0.3 is 6.18 Å². The number of aromatic nitrogens is 2. The van der Waals surface area contributed by atoms with Crippen LogP contribution < -0.4 is 4.90 Å². The number of rotatable bonds is 3. The van der Waals surface area contributed by atoms with Gasteiger partial charge in [-0.1, -0.05) is 0 Å². The number of alkyl halides is 3. The van der Waals surface area contributed by atoms with E-state index in [1.165, 1.54) is 12.6 Å². The van der Waals surface area contributed by atoms with Crippen LogP contribution in [0.2, 0.25) is 0 Å². The Hall–Kier alpha value is -1.41. The minimum Gasteiger partial charge on any atom is -0.380 e. The topological polar surface area (TPSA) is 41.5 Å². The maximum atomic E-state index is 12.7. The van der Waals surface area contributed by atoms with Gasteiger partial charge < -0.3 is 9.64 Å². The average Bonchev–Trinajstić information content (AvgIpc) is 3.03. The number of ether oxygens (including phenoxy) is 1. The second-order valence-corrected chi connectivity index (χ2v) is 6.03. The first-order valence-electron chi connectivity index (χ1n) is 7.91. The van der Waals surface area contributed by atoms with Gasteiger partial charge in [-0.25, -0.2) is 9.97 Å². The standard InChI is InChI=1S/C15H21F3N4O/c1-23-12-4-2-3-11(12)21-7-9-22(10-8-21)13-5-6-19-14(20-13)15(16,17)18/h5-6,11-12H,2-4,7-10H2,1H3/t11-,12-/m1/s1. The number of piperazine rings is 1. The number of anilines is 1.